The van der Waals surface area contributed by atoms with Crippen LogP contribution in [-0.4, -0.2) is 29.9 Å². The summed E-state index contributed by atoms with van der Waals surface area (Å²) < 4.78 is 5.14. The third-order valence-electron chi connectivity index (χ3n) is 4.22. The first-order valence-electron chi connectivity index (χ1n) is 8.32. The number of hydrogen-bond acceptors (Lipinski definition) is 5. The van der Waals surface area contributed by atoms with Crippen LogP contribution in [-0.2, 0) is 19.1 Å². The van der Waals surface area contributed by atoms with Gasteiger partial charge >= 0.3 is 5.97 Å². The Balaban J connectivity index is 1.95. The molecule has 7 nitrogen and oxygen atoms in total. The van der Waals surface area contributed by atoms with E-state index < -0.39 is 24.0 Å². The summed E-state index contributed by atoms with van der Waals surface area (Å²) in [6.45, 7) is 0.878. The Morgan fingerprint density at radius 2 is 1.96 bits per heavy atom. The van der Waals surface area contributed by atoms with Crippen molar-refractivity contribution in [1.29, 1.82) is 5.26 Å². The van der Waals surface area contributed by atoms with Gasteiger partial charge in [0.15, 0.2) is 6.61 Å². The quantitative estimate of drug-likeness (QED) is 0.766. The van der Waals surface area contributed by atoms with Gasteiger partial charge in [0.05, 0.1) is 10.6 Å². The molecule has 1 aliphatic carbocycles. The summed E-state index contributed by atoms with van der Waals surface area (Å²) in [5.41, 5.74) is -0.364. The van der Waals surface area contributed by atoms with E-state index in [1.807, 2.05) is 6.07 Å². The Hall–Kier alpha value is -2.59. The molecular formula is C18H20ClN3O4. The summed E-state index contributed by atoms with van der Waals surface area (Å²) in [6.07, 6.45) is 3.61. The molecule has 0 aliphatic heterocycles. The van der Waals surface area contributed by atoms with Crippen molar-refractivity contribution < 1.29 is 19.1 Å². The molecule has 1 aromatic carbocycles. The van der Waals surface area contributed by atoms with E-state index in [4.69, 9.17) is 21.6 Å². The Morgan fingerprint density at radius 1 is 1.27 bits per heavy atom. The summed E-state index contributed by atoms with van der Waals surface area (Å²) >= 11 is 5.91. The van der Waals surface area contributed by atoms with Crippen LogP contribution in [0.5, 0.6) is 0 Å². The van der Waals surface area contributed by atoms with Gasteiger partial charge in [0, 0.05) is 12.6 Å². The number of carbonyl (C=O) groups excluding carboxylic acids is 3. The van der Waals surface area contributed by atoms with Gasteiger partial charge in [-0.25, -0.2) is 4.79 Å². The molecule has 0 unspecified atom stereocenters. The number of nitrogens with one attached hydrogen (secondary N) is 2. The molecule has 0 spiro atoms. The zero-order valence-corrected chi connectivity index (χ0v) is 15.2. The second kappa shape index (κ2) is 8.68. The Labute approximate surface area is 156 Å². The minimum Gasteiger partial charge on any atom is -0.454 e. The highest BCUT2D eigenvalue weighted by Crippen LogP contribution is 2.29. The van der Waals surface area contributed by atoms with Crippen molar-refractivity contribution in [3.63, 3.8) is 0 Å². The lowest BCUT2D eigenvalue weighted by molar-refractivity contribution is -0.157. The smallest absolute Gasteiger partial charge is 0.332 e. The van der Waals surface area contributed by atoms with Crippen LogP contribution in [0, 0.1) is 11.3 Å². The second-order valence-electron chi connectivity index (χ2n) is 6.25. The number of benzene rings is 1. The highest BCUT2D eigenvalue weighted by molar-refractivity contribution is 6.32. The minimum absolute atomic E-state index is 0.217. The summed E-state index contributed by atoms with van der Waals surface area (Å²) in [6, 6.07) is 6.38. The first-order chi connectivity index (χ1) is 12.4. The zero-order valence-electron chi connectivity index (χ0n) is 14.4. The van der Waals surface area contributed by atoms with Crippen LogP contribution in [0.4, 0.5) is 5.69 Å². The zero-order chi connectivity index (χ0) is 19.2. The molecule has 0 bridgehead atoms. The van der Waals surface area contributed by atoms with Crippen LogP contribution >= 0.6 is 11.6 Å². The lowest BCUT2D eigenvalue weighted by Gasteiger charge is -2.35. The lowest BCUT2D eigenvalue weighted by Crippen LogP contribution is -2.56. The molecule has 26 heavy (non-hydrogen) atoms. The van der Waals surface area contributed by atoms with E-state index >= 15 is 0 Å². The third kappa shape index (κ3) is 4.96. The van der Waals surface area contributed by atoms with Gasteiger partial charge in [-0.3, -0.25) is 9.59 Å². The number of esters is 1. The number of rotatable bonds is 5. The van der Waals surface area contributed by atoms with E-state index in [-0.39, 0.29) is 10.9 Å². The van der Waals surface area contributed by atoms with Crippen molar-refractivity contribution in [1.82, 2.24) is 5.32 Å². The maximum atomic E-state index is 12.5. The number of amides is 2. The number of halogens is 1. The van der Waals surface area contributed by atoms with Gasteiger partial charge in [-0.15, -0.1) is 0 Å². The maximum Gasteiger partial charge on any atom is 0.332 e. The number of nitriles is 1. The highest BCUT2D eigenvalue weighted by atomic mass is 35.5. The number of carbonyl (C=O) groups is 3. The SMILES string of the molecule is CC(=O)NC1(C(=O)OCC(=O)Nc2ccc(C#N)c(Cl)c2)CCCCC1. The second-order valence-corrected chi connectivity index (χ2v) is 6.66. The number of anilines is 1. The highest BCUT2D eigenvalue weighted by Gasteiger charge is 2.41. The van der Waals surface area contributed by atoms with Gasteiger partial charge in [-0.05, 0) is 31.0 Å². The van der Waals surface area contributed by atoms with Gasteiger partial charge in [-0.2, -0.15) is 5.26 Å². The van der Waals surface area contributed by atoms with Crippen molar-refractivity contribution in [3.8, 4) is 6.07 Å². The average Bonchev–Trinajstić information content (AvgIpc) is 2.60. The maximum absolute atomic E-state index is 12.5. The molecule has 1 aromatic rings. The van der Waals surface area contributed by atoms with E-state index in [1.54, 1.807) is 0 Å². The molecule has 1 fully saturated rings. The molecule has 0 aromatic heterocycles. The van der Waals surface area contributed by atoms with Gasteiger partial charge in [0.1, 0.15) is 11.6 Å². The Bertz CT molecular complexity index is 751. The molecule has 138 valence electrons. The first-order valence-corrected chi connectivity index (χ1v) is 8.69. The summed E-state index contributed by atoms with van der Waals surface area (Å²) in [5, 5.41) is 14.3. The van der Waals surface area contributed by atoms with E-state index in [0.29, 0.717) is 24.1 Å². The first kappa shape index (κ1) is 19.7. The number of nitrogens with zero attached hydrogens (tertiary/aromatic N) is 1. The fourth-order valence-electron chi connectivity index (χ4n) is 3.02. The van der Waals surface area contributed by atoms with Crippen molar-refractivity contribution in [2.75, 3.05) is 11.9 Å². The molecule has 8 heteroatoms. The van der Waals surface area contributed by atoms with Gasteiger partial charge in [0.2, 0.25) is 5.91 Å². The van der Waals surface area contributed by atoms with Crippen molar-refractivity contribution >= 4 is 35.1 Å². The topological polar surface area (TPSA) is 108 Å². The van der Waals surface area contributed by atoms with Crippen LogP contribution in [0.1, 0.15) is 44.6 Å². The Morgan fingerprint density at radius 3 is 2.54 bits per heavy atom. The van der Waals surface area contributed by atoms with Crippen molar-refractivity contribution in [2.45, 2.75) is 44.6 Å². The molecule has 2 rings (SSSR count). The summed E-state index contributed by atoms with van der Waals surface area (Å²) in [4.78, 5) is 35.9. The van der Waals surface area contributed by atoms with Gasteiger partial charge < -0.3 is 15.4 Å². The molecule has 0 radical (unpaired) electrons. The van der Waals surface area contributed by atoms with E-state index in [2.05, 4.69) is 10.6 Å². The van der Waals surface area contributed by atoms with E-state index in [9.17, 15) is 14.4 Å². The van der Waals surface area contributed by atoms with Crippen LogP contribution in [0.2, 0.25) is 5.02 Å². The lowest BCUT2D eigenvalue weighted by atomic mass is 9.81. The normalized spacial score (nSPS) is 15.4. The molecule has 0 heterocycles. The van der Waals surface area contributed by atoms with Gasteiger partial charge in [-0.1, -0.05) is 30.9 Å². The molecule has 0 saturated heterocycles. The molecule has 0 atom stereocenters. The minimum atomic E-state index is -1.05. The average molecular weight is 378 g/mol. The molecule has 2 N–H and O–H groups in total. The van der Waals surface area contributed by atoms with E-state index in [1.165, 1.54) is 25.1 Å². The van der Waals surface area contributed by atoms with Gasteiger partial charge in [0.25, 0.3) is 5.91 Å². The molecule has 1 saturated carbocycles. The monoisotopic (exact) mass is 377 g/mol. The number of ether oxygens (including phenoxy) is 1. The predicted molar refractivity (Wildman–Crippen MR) is 95.4 cm³/mol. The standard InChI is InChI=1S/C18H20ClN3O4/c1-12(23)22-18(7-3-2-4-8-18)17(25)26-11-16(24)21-14-6-5-13(10-20)15(19)9-14/h5-6,9H,2-4,7-8,11H2,1H3,(H,21,24)(H,22,23). The predicted octanol–water partition coefficient (Wildman–Crippen LogP) is 2.53. The summed E-state index contributed by atoms with van der Waals surface area (Å²) in [5.74, 6) is -1.44. The van der Waals surface area contributed by atoms with Crippen LogP contribution < -0.4 is 10.6 Å². The molecule has 1 aliphatic rings. The third-order valence-corrected chi connectivity index (χ3v) is 4.53. The molecule has 2 amide bonds. The molecular weight excluding hydrogens is 358 g/mol. The Kier molecular flexibility index (Phi) is 6.58. The van der Waals surface area contributed by atoms with Crippen LogP contribution in [0.3, 0.4) is 0 Å². The fraction of sp³-hybridized carbons (Fsp3) is 0.444. The van der Waals surface area contributed by atoms with Crippen molar-refractivity contribution in [3.05, 3.63) is 28.8 Å². The number of hydrogen-bond donors (Lipinski definition) is 2. The van der Waals surface area contributed by atoms with Crippen LogP contribution in [0.15, 0.2) is 18.2 Å². The van der Waals surface area contributed by atoms with E-state index in [0.717, 1.165) is 19.3 Å². The largest absolute Gasteiger partial charge is 0.454 e. The van der Waals surface area contributed by atoms with Crippen molar-refractivity contribution in [2.24, 2.45) is 0 Å². The van der Waals surface area contributed by atoms with Crippen LogP contribution in [0.25, 0.3) is 0 Å². The summed E-state index contributed by atoms with van der Waals surface area (Å²) in [7, 11) is 0. The fourth-order valence-corrected chi connectivity index (χ4v) is 3.25.